The number of hydrogen-bond donors (Lipinski definition) is 4. The monoisotopic (exact) mass is 568 g/mol. The van der Waals surface area contributed by atoms with Crippen molar-refractivity contribution in [3.05, 3.63) is 12.7 Å². The Hall–Kier alpha value is -2.98. The fourth-order valence-electron chi connectivity index (χ4n) is 4.53. The molecule has 2 aliphatic rings. The number of amides is 2. The van der Waals surface area contributed by atoms with E-state index in [1.807, 2.05) is 0 Å². The Morgan fingerprint density at radius 1 is 0.850 bits per heavy atom. The minimum atomic E-state index is -1.10. The molecule has 12 heteroatoms. The first-order chi connectivity index (χ1) is 18.4. The van der Waals surface area contributed by atoms with E-state index in [0.29, 0.717) is 6.42 Å². The number of allylic oxidation sites excluding steroid dienone is 1. The van der Waals surface area contributed by atoms with Crippen LogP contribution in [-0.4, -0.2) is 116 Å². The van der Waals surface area contributed by atoms with Crippen LogP contribution >= 0.6 is 0 Å². The summed E-state index contributed by atoms with van der Waals surface area (Å²) in [4.78, 5) is 50.1. The molecule has 6 atom stereocenters. The maximum Gasteiger partial charge on any atom is 0.411 e. The Morgan fingerprint density at radius 3 is 1.55 bits per heavy atom. The summed E-state index contributed by atoms with van der Waals surface area (Å²) in [7, 11) is 0. The van der Waals surface area contributed by atoms with E-state index in [2.05, 4.69) is 12.5 Å². The first-order valence-electron chi connectivity index (χ1n) is 13.1. The van der Waals surface area contributed by atoms with Crippen LogP contribution in [0.25, 0.3) is 0 Å². The van der Waals surface area contributed by atoms with E-state index in [-0.39, 0.29) is 25.4 Å². The van der Waals surface area contributed by atoms with Gasteiger partial charge < -0.3 is 29.9 Å². The summed E-state index contributed by atoms with van der Waals surface area (Å²) in [6.45, 7) is 12.8. The molecule has 0 spiro atoms. The quantitative estimate of drug-likeness (QED) is 0.255. The van der Waals surface area contributed by atoms with E-state index in [4.69, 9.17) is 26.1 Å². The van der Waals surface area contributed by atoms with Gasteiger partial charge in [0, 0.05) is 31.3 Å². The zero-order chi connectivity index (χ0) is 31.0. The van der Waals surface area contributed by atoms with Gasteiger partial charge in [-0.3, -0.25) is 19.4 Å². The van der Waals surface area contributed by atoms with Gasteiger partial charge in [-0.25, -0.2) is 9.59 Å². The summed E-state index contributed by atoms with van der Waals surface area (Å²) in [6.07, 6.45) is 4.13. The molecule has 2 aliphatic heterocycles. The van der Waals surface area contributed by atoms with E-state index in [9.17, 15) is 29.4 Å². The topological polar surface area (TPSA) is 174 Å². The number of hydrogen-bond acceptors (Lipinski definition) is 10. The average Bonchev–Trinajstić information content (AvgIpc) is 3.34. The second-order valence-corrected chi connectivity index (χ2v) is 11.8. The number of terminal acetylenes is 1. The molecule has 4 N–H and O–H groups in total. The van der Waals surface area contributed by atoms with E-state index in [1.54, 1.807) is 47.6 Å². The molecular weight excluding hydrogens is 524 g/mol. The predicted molar refractivity (Wildman–Crippen MR) is 145 cm³/mol. The summed E-state index contributed by atoms with van der Waals surface area (Å²) in [5, 5.41) is 38.3. The van der Waals surface area contributed by atoms with Gasteiger partial charge in [-0.15, -0.1) is 18.9 Å². The van der Waals surface area contributed by atoms with Gasteiger partial charge in [-0.1, -0.05) is 6.08 Å². The summed E-state index contributed by atoms with van der Waals surface area (Å²) >= 11 is 0. The Kier molecular flexibility index (Phi) is 12.8. The highest BCUT2D eigenvalue weighted by molar-refractivity contribution is 5.90. The molecule has 0 aromatic heterocycles. The number of ether oxygens (including phenoxy) is 2. The molecule has 226 valence electrons. The van der Waals surface area contributed by atoms with Crippen molar-refractivity contribution in [1.29, 1.82) is 0 Å². The lowest BCUT2D eigenvalue weighted by Gasteiger charge is -2.28. The molecule has 2 heterocycles. The summed E-state index contributed by atoms with van der Waals surface area (Å²) in [6, 6.07) is -2.16. The molecule has 2 fully saturated rings. The van der Waals surface area contributed by atoms with Crippen LogP contribution in [0.2, 0.25) is 0 Å². The van der Waals surface area contributed by atoms with Gasteiger partial charge in [-0.2, -0.15) is 0 Å². The Morgan fingerprint density at radius 2 is 1.23 bits per heavy atom. The second-order valence-electron chi connectivity index (χ2n) is 11.8. The lowest BCUT2D eigenvalue weighted by atomic mass is 9.96. The van der Waals surface area contributed by atoms with Crippen LogP contribution in [0.3, 0.4) is 0 Å². The molecule has 2 rings (SSSR count). The van der Waals surface area contributed by atoms with Crippen molar-refractivity contribution in [2.24, 2.45) is 11.8 Å². The highest BCUT2D eigenvalue weighted by Crippen LogP contribution is 2.30. The average molecular weight is 569 g/mol. The number of Topliss-reactive ketones (excluding diaryl/α,β-unsaturated/α-hetero) is 2. The third-order valence-corrected chi connectivity index (χ3v) is 6.22. The molecular formula is C28H44N2O10. The van der Waals surface area contributed by atoms with Gasteiger partial charge in [0.25, 0.3) is 0 Å². The van der Waals surface area contributed by atoms with Crippen molar-refractivity contribution in [2.75, 3.05) is 26.3 Å². The maximum atomic E-state index is 12.1. The van der Waals surface area contributed by atoms with E-state index >= 15 is 0 Å². The number of ketones is 2. The fraction of sp³-hybridized carbons (Fsp3) is 0.714. The first-order valence-corrected chi connectivity index (χ1v) is 13.1. The lowest BCUT2D eigenvalue weighted by molar-refractivity contribution is -0.129. The molecule has 40 heavy (non-hydrogen) atoms. The molecule has 0 unspecified atom stereocenters. The number of rotatable bonds is 7. The van der Waals surface area contributed by atoms with Crippen molar-refractivity contribution < 1.29 is 49.1 Å². The van der Waals surface area contributed by atoms with Gasteiger partial charge in [0.05, 0.1) is 12.2 Å². The van der Waals surface area contributed by atoms with Gasteiger partial charge in [-0.05, 0) is 48.0 Å². The second kappa shape index (κ2) is 14.6. The van der Waals surface area contributed by atoms with Crippen LogP contribution in [0.4, 0.5) is 9.59 Å². The predicted octanol–water partition coefficient (Wildman–Crippen LogP) is 0.888. The number of aliphatic hydroxyl groups excluding tert-OH is 4. The van der Waals surface area contributed by atoms with Gasteiger partial charge in [0.1, 0.15) is 36.5 Å². The van der Waals surface area contributed by atoms with Crippen molar-refractivity contribution in [2.45, 2.75) is 89.9 Å². The summed E-state index contributed by atoms with van der Waals surface area (Å²) < 4.78 is 10.4. The van der Waals surface area contributed by atoms with Crippen molar-refractivity contribution >= 4 is 23.8 Å². The zero-order valence-electron chi connectivity index (χ0n) is 24.2. The van der Waals surface area contributed by atoms with Crippen LogP contribution in [0, 0.1) is 24.2 Å². The number of carbonyl (C=O) groups excluding carboxylic acids is 4. The van der Waals surface area contributed by atoms with Gasteiger partial charge >= 0.3 is 12.2 Å². The van der Waals surface area contributed by atoms with Gasteiger partial charge in [0.2, 0.25) is 0 Å². The largest absolute Gasteiger partial charge is 0.444 e. The Balaban J connectivity index is 0.000000400. The molecule has 2 amide bonds. The third-order valence-electron chi connectivity index (χ3n) is 6.22. The minimum Gasteiger partial charge on any atom is -0.444 e. The van der Waals surface area contributed by atoms with E-state index < -0.39 is 78.4 Å². The minimum absolute atomic E-state index is 0.136. The molecule has 0 aromatic rings. The van der Waals surface area contributed by atoms with Crippen LogP contribution in [-0.2, 0) is 19.1 Å². The van der Waals surface area contributed by atoms with Crippen LogP contribution in [0.1, 0.15) is 54.4 Å². The fourth-order valence-corrected chi connectivity index (χ4v) is 4.53. The lowest BCUT2D eigenvalue weighted by Crippen LogP contribution is -2.48. The normalized spacial score (nSPS) is 26.3. The molecule has 0 saturated carbocycles. The van der Waals surface area contributed by atoms with Gasteiger partial charge in [0.15, 0.2) is 11.6 Å². The number of nitrogens with zero attached hydrogens (tertiary/aromatic N) is 2. The molecule has 0 aliphatic carbocycles. The van der Waals surface area contributed by atoms with Crippen LogP contribution < -0.4 is 0 Å². The SMILES string of the molecule is C#CC[C@H]1CN(C(=O)OC(C)(C)C)[C@H](C(=O)CO)[C@@H]1O.C=CC[C@H]1CN(C(=O)OC(C)(C)C)[C@H](C(=O)CO)[C@@H]1O. The number of likely N-dealkylation sites (tertiary alicyclic amines) is 2. The summed E-state index contributed by atoms with van der Waals surface area (Å²) in [5.74, 6) is 0.530. The Labute approximate surface area is 235 Å². The van der Waals surface area contributed by atoms with Crippen LogP contribution in [0.5, 0.6) is 0 Å². The zero-order valence-corrected chi connectivity index (χ0v) is 24.2. The highest BCUT2D eigenvalue weighted by Gasteiger charge is 2.48. The molecule has 2 saturated heterocycles. The molecule has 0 aromatic carbocycles. The van der Waals surface area contributed by atoms with Crippen molar-refractivity contribution in [3.63, 3.8) is 0 Å². The molecule has 0 bridgehead atoms. The smallest absolute Gasteiger partial charge is 0.411 e. The summed E-state index contributed by atoms with van der Waals surface area (Å²) in [5.41, 5.74) is -1.40. The third kappa shape index (κ3) is 9.59. The standard InChI is InChI=1S/C14H23NO5.C14H21NO5/c2*1-5-6-9-7-15(13(19)20-14(2,3)4)11(12(9)18)10(17)8-16/h5,9,11-12,16,18H,1,6-8H2,2-4H3;1,9,11-12,16,18H,6-8H2,2-4H3/t2*9-,11+,12+/m00/s1. The van der Waals surface area contributed by atoms with Crippen molar-refractivity contribution in [1.82, 2.24) is 9.80 Å². The maximum absolute atomic E-state index is 12.1. The highest BCUT2D eigenvalue weighted by atomic mass is 16.6. The van der Waals surface area contributed by atoms with Crippen molar-refractivity contribution in [3.8, 4) is 12.3 Å². The first kappa shape index (κ1) is 35.0. The number of carbonyl (C=O) groups is 4. The molecule has 0 radical (unpaired) electrons. The van der Waals surface area contributed by atoms with E-state index in [1.165, 1.54) is 4.90 Å². The Bertz CT molecular complexity index is 962. The van der Waals surface area contributed by atoms with Crippen LogP contribution in [0.15, 0.2) is 12.7 Å². The van der Waals surface area contributed by atoms with E-state index in [0.717, 1.165) is 4.90 Å². The molecule has 12 nitrogen and oxygen atoms in total. The number of aliphatic hydroxyl groups is 4.